The van der Waals surface area contributed by atoms with Gasteiger partial charge in [-0.1, -0.05) is 94.9 Å². The molecule has 0 unspecified atom stereocenters. The predicted octanol–water partition coefficient (Wildman–Crippen LogP) is 8.40. The fraction of sp³-hybridized carbons (Fsp3) is 0.222. The zero-order valence-corrected chi connectivity index (χ0v) is 31.6. The van der Waals surface area contributed by atoms with Gasteiger partial charge in [0.1, 0.15) is 12.7 Å². The lowest BCUT2D eigenvalue weighted by Gasteiger charge is -2.44. The van der Waals surface area contributed by atoms with Gasteiger partial charge in [-0.2, -0.15) is 0 Å². The molecule has 0 saturated carbocycles. The van der Waals surface area contributed by atoms with Crippen LogP contribution in [0, 0.1) is 0 Å². The van der Waals surface area contributed by atoms with Gasteiger partial charge in [0.15, 0.2) is 18.3 Å². The number of hydrogen-bond donors (Lipinski definition) is 0. The van der Waals surface area contributed by atoms with Gasteiger partial charge < -0.3 is 32.7 Å². The van der Waals surface area contributed by atoms with E-state index >= 15 is 0 Å². The summed E-state index contributed by atoms with van der Waals surface area (Å²) in [5.74, 6) is -3.85. The number of ether oxygens (including phenoxy) is 5. The van der Waals surface area contributed by atoms with Gasteiger partial charge in [0.25, 0.3) is 0 Å². The maximum atomic E-state index is 13.8. The van der Waals surface area contributed by atoms with Gasteiger partial charge in [-0.25, -0.2) is 19.2 Å². The van der Waals surface area contributed by atoms with E-state index in [1.54, 1.807) is 48.5 Å². The maximum absolute atomic E-state index is 13.8. The number of hydrogen-bond acceptors (Lipinski definition) is 12. The van der Waals surface area contributed by atoms with Crippen molar-refractivity contribution in [2.24, 2.45) is 0 Å². The Labute approximate surface area is 325 Å². The van der Waals surface area contributed by atoms with Gasteiger partial charge in [0.05, 0.1) is 42.3 Å². The highest BCUT2D eigenvalue weighted by Gasteiger charge is 2.54. The smallest absolute Gasteiger partial charge is 0.340 e. The Morgan fingerprint density at radius 1 is 0.547 bits per heavy atom. The van der Waals surface area contributed by atoms with Crippen molar-refractivity contribution in [3.05, 3.63) is 139 Å². The molecule has 1 fully saturated rings. The zero-order chi connectivity index (χ0) is 38.1. The van der Waals surface area contributed by atoms with Gasteiger partial charge in [0, 0.05) is 14.2 Å². The molecule has 0 spiro atoms. The van der Waals surface area contributed by atoms with Crippen molar-refractivity contribution in [2.75, 3.05) is 20.8 Å². The van der Waals surface area contributed by atoms with Crippen molar-refractivity contribution in [1.82, 2.24) is 0 Å². The molecule has 0 bridgehead atoms. The third-order valence-electron chi connectivity index (χ3n) is 7.56. The molecule has 0 aliphatic carbocycles. The first-order valence-corrected chi connectivity index (χ1v) is 18.1. The monoisotopic (exact) mass is 824 g/mol. The molecule has 0 amide bonds. The molecule has 278 valence electrons. The Bertz CT molecular complexity index is 1940. The minimum atomic E-state index is -2.19. The number of halogens is 4. The number of carbonyl (C=O) groups excluding carboxylic acids is 4. The van der Waals surface area contributed by atoms with Crippen molar-refractivity contribution in [1.29, 1.82) is 0 Å². The molecule has 5 rings (SSSR count). The number of benzene rings is 4. The van der Waals surface area contributed by atoms with E-state index < -0.39 is 69.8 Å². The van der Waals surface area contributed by atoms with Gasteiger partial charge in [-0.05, 0) is 48.5 Å². The Hall–Kier alpha value is -3.81. The number of esters is 4. The lowest BCUT2D eigenvalue weighted by molar-refractivity contribution is -0.277. The summed E-state index contributed by atoms with van der Waals surface area (Å²) in [5, 5.41) is 0.209. The van der Waals surface area contributed by atoms with Crippen molar-refractivity contribution >= 4 is 78.9 Å². The molecule has 12 nitrogen and oxygen atoms in total. The molecule has 17 heteroatoms. The van der Waals surface area contributed by atoms with E-state index in [1.165, 1.54) is 62.8 Å². The van der Waals surface area contributed by atoms with Crippen LogP contribution in [0.25, 0.3) is 0 Å². The summed E-state index contributed by atoms with van der Waals surface area (Å²) in [5.41, 5.74) is -0.186. The third-order valence-corrected chi connectivity index (χ3v) is 9.86. The first kappa shape index (κ1) is 40.4. The van der Waals surface area contributed by atoms with Crippen LogP contribution >= 0.6 is 55.0 Å². The molecule has 1 heterocycles. The summed E-state index contributed by atoms with van der Waals surface area (Å²) in [6.45, 7) is -0.631. The first-order chi connectivity index (χ1) is 25.5. The minimum absolute atomic E-state index is 0.0259. The molecule has 4 aromatic rings. The van der Waals surface area contributed by atoms with Crippen LogP contribution in [-0.4, -0.2) is 75.4 Å². The Morgan fingerprint density at radius 2 is 0.906 bits per heavy atom. The Balaban J connectivity index is 1.61. The number of carbonyl (C=O) groups is 4. The van der Waals surface area contributed by atoms with Gasteiger partial charge in [-0.15, -0.1) is 0 Å². The van der Waals surface area contributed by atoms with Gasteiger partial charge >= 0.3 is 32.5 Å². The normalized spacial score (nSPS) is 19.6. The topological polar surface area (TPSA) is 142 Å². The quantitative estimate of drug-likeness (QED) is 0.0726. The fourth-order valence-electron chi connectivity index (χ4n) is 5.05. The SMILES string of the molecule is COP(OC)O[C@@H]1O[C@H](COC(=O)c2ccccc2Cl)[C@@H](OC(=O)c2ccccc2Cl)[C@H](OC(=O)c2ccccc2Cl)[C@H]1OC(=O)c1ccccc1Cl. The van der Waals surface area contributed by atoms with Crippen LogP contribution in [0.1, 0.15) is 41.4 Å². The van der Waals surface area contributed by atoms with E-state index in [2.05, 4.69) is 0 Å². The number of rotatable bonds is 13. The van der Waals surface area contributed by atoms with E-state index in [0.29, 0.717) is 0 Å². The fourth-order valence-corrected chi connectivity index (χ4v) is 6.56. The van der Waals surface area contributed by atoms with Crippen LogP contribution in [0.3, 0.4) is 0 Å². The Kier molecular flexibility index (Phi) is 14.5. The van der Waals surface area contributed by atoms with Crippen molar-refractivity contribution in [2.45, 2.75) is 30.7 Å². The van der Waals surface area contributed by atoms with Crippen LogP contribution in [0.5, 0.6) is 0 Å². The van der Waals surface area contributed by atoms with Crippen LogP contribution in [0.2, 0.25) is 20.1 Å². The average molecular weight is 826 g/mol. The molecule has 0 N–H and O–H groups in total. The second-order valence-electron chi connectivity index (χ2n) is 10.9. The van der Waals surface area contributed by atoms with Crippen LogP contribution in [-0.2, 0) is 37.3 Å². The second-order valence-corrected chi connectivity index (χ2v) is 13.9. The summed E-state index contributed by atoms with van der Waals surface area (Å²) < 4.78 is 46.2. The second kappa shape index (κ2) is 19.0. The zero-order valence-electron chi connectivity index (χ0n) is 27.7. The van der Waals surface area contributed by atoms with Crippen LogP contribution < -0.4 is 0 Å². The van der Waals surface area contributed by atoms with E-state index in [0.717, 1.165) is 0 Å². The summed E-state index contributed by atoms with van der Waals surface area (Å²) in [4.78, 5) is 54.5. The molecule has 1 aliphatic heterocycles. The molecule has 1 aliphatic rings. The average Bonchev–Trinajstić information content (AvgIpc) is 3.15. The molecular formula is C36H29Cl4O12P. The minimum Gasteiger partial charge on any atom is -0.459 e. The van der Waals surface area contributed by atoms with Crippen LogP contribution in [0.15, 0.2) is 97.1 Å². The molecule has 0 radical (unpaired) electrons. The Morgan fingerprint density at radius 3 is 1.30 bits per heavy atom. The standard InChI is InChI=1S/C36H29Cl4O12P/c1-45-53(46-2)52-36-31(51-35(44)23-14-6-10-18-27(23)40)30(50-34(43)22-13-5-9-17-26(22)39)29(49-33(42)21-12-4-8-16-25(21)38)28(48-36)19-47-32(41)20-11-3-7-15-24(20)37/h3-18,28-31,36H,19H2,1-2H3/t28-,29-,30+,31-,36+/m1/s1. The molecule has 5 atom stereocenters. The van der Waals surface area contributed by atoms with E-state index in [-0.39, 0.29) is 42.3 Å². The summed E-state index contributed by atoms with van der Waals surface area (Å²) in [6.07, 6.45) is -8.28. The van der Waals surface area contributed by atoms with Crippen LogP contribution in [0.4, 0.5) is 0 Å². The summed E-state index contributed by atoms with van der Waals surface area (Å²) >= 11 is 25.2. The largest absolute Gasteiger partial charge is 0.459 e. The summed E-state index contributed by atoms with van der Waals surface area (Å²) in [6, 6.07) is 24.2. The van der Waals surface area contributed by atoms with Crippen molar-refractivity contribution in [3.63, 3.8) is 0 Å². The van der Waals surface area contributed by atoms with Crippen molar-refractivity contribution in [3.8, 4) is 0 Å². The molecular weight excluding hydrogens is 797 g/mol. The van der Waals surface area contributed by atoms with E-state index in [4.69, 9.17) is 83.7 Å². The van der Waals surface area contributed by atoms with Gasteiger partial charge in [0.2, 0.25) is 6.29 Å². The summed E-state index contributed by atoms with van der Waals surface area (Å²) in [7, 11) is 0.386. The lowest BCUT2D eigenvalue weighted by Crippen LogP contribution is -2.63. The van der Waals surface area contributed by atoms with Gasteiger partial charge in [-0.3, -0.25) is 4.52 Å². The predicted molar refractivity (Wildman–Crippen MR) is 194 cm³/mol. The highest BCUT2D eigenvalue weighted by Crippen LogP contribution is 2.43. The first-order valence-electron chi connectivity index (χ1n) is 15.5. The lowest BCUT2D eigenvalue weighted by atomic mass is 9.97. The van der Waals surface area contributed by atoms with Crippen molar-refractivity contribution < 1.29 is 56.4 Å². The van der Waals surface area contributed by atoms with E-state index in [9.17, 15) is 19.2 Å². The highest BCUT2D eigenvalue weighted by atomic mass is 35.5. The molecule has 4 aromatic carbocycles. The molecule has 53 heavy (non-hydrogen) atoms. The third kappa shape index (κ3) is 10.0. The maximum Gasteiger partial charge on any atom is 0.340 e. The highest BCUT2D eigenvalue weighted by molar-refractivity contribution is 7.41. The van der Waals surface area contributed by atoms with E-state index in [1.807, 2.05) is 0 Å². The molecule has 1 saturated heterocycles. The molecule has 0 aromatic heterocycles.